The van der Waals surface area contributed by atoms with Crippen LogP contribution in [0.3, 0.4) is 0 Å². The number of benzene rings is 1. The van der Waals surface area contributed by atoms with Gasteiger partial charge in [0.05, 0.1) is 12.2 Å². The van der Waals surface area contributed by atoms with Crippen molar-refractivity contribution in [3.8, 4) is 11.5 Å². The number of hydrogen-bond acceptors (Lipinski definition) is 5. The highest BCUT2D eigenvalue weighted by atomic mass is 16.4. The largest absolute Gasteiger partial charge is 0.508 e. The lowest BCUT2D eigenvalue weighted by molar-refractivity contribution is 0.0692. The van der Waals surface area contributed by atoms with E-state index >= 15 is 0 Å². The van der Waals surface area contributed by atoms with Gasteiger partial charge in [-0.05, 0) is 57.1 Å². The Morgan fingerprint density at radius 3 is 2.29 bits per heavy atom. The van der Waals surface area contributed by atoms with Crippen LogP contribution in [0.1, 0.15) is 67.8 Å². The fraction of sp³-hybridized carbons (Fsp3) is 0.611. The van der Waals surface area contributed by atoms with Gasteiger partial charge in [0.15, 0.2) is 0 Å². The number of aromatic carboxylic acids is 1. The van der Waals surface area contributed by atoms with Crippen LogP contribution in [-0.2, 0) is 6.42 Å². The number of carbonyl (C=O) groups is 1. The third-order valence-corrected chi connectivity index (χ3v) is 4.04. The second kappa shape index (κ2) is 10.2. The van der Waals surface area contributed by atoms with E-state index in [-0.39, 0.29) is 23.5 Å². The Hall–Kier alpha value is -1.79. The Morgan fingerprint density at radius 1 is 1.00 bits per heavy atom. The van der Waals surface area contributed by atoms with E-state index in [0.717, 1.165) is 25.3 Å². The zero-order chi connectivity index (χ0) is 18.1. The molecular formula is C18H28O6. The number of carboxylic acid groups (broad SMARTS) is 1. The number of aromatic hydroxyl groups is 2. The van der Waals surface area contributed by atoms with Crippen LogP contribution < -0.4 is 0 Å². The molecule has 0 bridgehead atoms. The Balaban J connectivity index is 2.34. The first-order chi connectivity index (χ1) is 11.3. The van der Waals surface area contributed by atoms with Crippen LogP contribution >= 0.6 is 0 Å². The molecule has 24 heavy (non-hydrogen) atoms. The van der Waals surface area contributed by atoms with Crippen LogP contribution in [0.2, 0.25) is 0 Å². The van der Waals surface area contributed by atoms with Crippen molar-refractivity contribution in [1.29, 1.82) is 0 Å². The van der Waals surface area contributed by atoms with E-state index in [9.17, 15) is 20.1 Å². The number of phenols is 2. The second-order valence-corrected chi connectivity index (χ2v) is 6.34. The summed E-state index contributed by atoms with van der Waals surface area (Å²) >= 11 is 0. The van der Waals surface area contributed by atoms with Gasteiger partial charge in [-0.3, -0.25) is 0 Å². The molecule has 0 spiro atoms. The number of rotatable bonds is 11. The predicted octanol–water partition coefficient (Wildman–Crippen LogP) is 2.81. The summed E-state index contributed by atoms with van der Waals surface area (Å²) in [5.41, 5.74) is 0.253. The van der Waals surface area contributed by atoms with Gasteiger partial charge in [0.1, 0.15) is 17.1 Å². The topological polar surface area (TPSA) is 118 Å². The Kier molecular flexibility index (Phi) is 8.57. The van der Waals surface area contributed by atoms with Crippen LogP contribution in [0, 0.1) is 0 Å². The van der Waals surface area contributed by atoms with Crippen LogP contribution in [0.25, 0.3) is 0 Å². The lowest BCUT2D eigenvalue weighted by Gasteiger charge is -2.12. The predicted molar refractivity (Wildman–Crippen MR) is 90.4 cm³/mol. The summed E-state index contributed by atoms with van der Waals surface area (Å²) in [6, 6.07) is 2.39. The molecule has 6 heteroatoms. The highest BCUT2D eigenvalue weighted by molar-refractivity contribution is 5.92. The third-order valence-electron chi connectivity index (χ3n) is 4.04. The van der Waals surface area contributed by atoms with Crippen molar-refractivity contribution >= 4 is 5.97 Å². The van der Waals surface area contributed by atoms with Crippen LogP contribution in [0.5, 0.6) is 11.5 Å². The molecule has 0 aliphatic heterocycles. The lowest BCUT2D eigenvalue weighted by atomic mass is 9.98. The van der Waals surface area contributed by atoms with E-state index in [1.54, 1.807) is 6.92 Å². The maximum atomic E-state index is 11.2. The van der Waals surface area contributed by atoms with E-state index < -0.39 is 11.7 Å². The molecule has 2 atom stereocenters. The normalized spacial score (nSPS) is 13.6. The van der Waals surface area contributed by atoms with Gasteiger partial charge in [0.25, 0.3) is 0 Å². The van der Waals surface area contributed by atoms with Crippen LogP contribution in [-0.4, -0.2) is 43.7 Å². The first kappa shape index (κ1) is 20.3. The molecule has 136 valence electrons. The highest BCUT2D eigenvalue weighted by Crippen LogP contribution is 2.28. The quantitative estimate of drug-likeness (QED) is 0.395. The molecule has 5 N–H and O–H groups in total. The number of aryl methyl sites for hydroxylation is 1. The number of hydrogen-bond donors (Lipinski definition) is 5. The zero-order valence-electron chi connectivity index (χ0n) is 14.1. The Morgan fingerprint density at radius 2 is 1.67 bits per heavy atom. The van der Waals surface area contributed by atoms with Crippen molar-refractivity contribution in [3.05, 3.63) is 23.3 Å². The number of carboxylic acids is 1. The molecule has 6 nitrogen and oxygen atoms in total. The van der Waals surface area contributed by atoms with Crippen LogP contribution in [0.15, 0.2) is 12.1 Å². The SMILES string of the molecule is C[C@@H](O)CCC[C@H](O)CCCCCc1cc(O)cc(O)c1C(=O)O. The Labute approximate surface area is 142 Å². The van der Waals surface area contributed by atoms with Crippen molar-refractivity contribution in [1.82, 2.24) is 0 Å². The minimum absolute atomic E-state index is 0.152. The molecule has 1 aromatic carbocycles. The van der Waals surface area contributed by atoms with Gasteiger partial charge in [-0.25, -0.2) is 4.79 Å². The number of phenolic OH excluding ortho intramolecular Hbond substituents is 1. The molecule has 0 fully saturated rings. The van der Waals surface area contributed by atoms with Crippen molar-refractivity contribution < 1.29 is 30.3 Å². The standard InChI is InChI=1S/C18H28O6/c1-12(19)6-5-9-14(20)8-4-2-3-7-13-10-15(21)11-16(22)17(13)18(23)24/h10-12,14,19-22H,2-9H2,1H3,(H,23,24)/t12-,14-/m1/s1. The Bertz CT molecular complexity index is 526. The molecule has 0 unspecified atom stereocenters. The molecule has 0 radical (unpaired) electrons. The van der Waals surface area contributed by atoms with Crippen molar-refractivity contribution in [3.63, 3.8) is 0 Å². The third kappa shape index (κ3) is 7.19. The van der Waals surface area contributed by atoms with E-state index in [0.29, 0.717) is 37.7 Å². The smallest absolute Gasteiger partial charge is 0.339 e. The average Bonchev–Trinajstić information content (AvgIpc) is 2.45. The lowest BCUT2D eigenvalue weighted by Crippen LogP contribution is -2.08. The van der Waals surface area contributed by atoms with Crippen LogP contribution in [0.4, 0.5) is 0 Å². The van der Waals surface area contributed by atoms with E-state index in [1.165, 1.54) is 6.07 Å². The molecule has 0 aromatic heterocycles. The number of aliphatic hydroxyl groups is 2. The first-order valence-corrected chi connectivity index (χ1v) is 8.45. The van der Waals surface area contributed by atoms with Gasteiger partial charge in [-0.1, -0.05) is 12.8 Å². The molecular weight excluding hydrogens is 312 g/mol. The van der Waals surface area contributed by atoms with Gasteiger partial charge >= 0.3 is 5.97 Å². The van der Waals surface area contributed by atoms with Gasteiger partial charge in [-0.2, -0.15) is 0 Å². The second-order valence-electron chi connectivity index (χ2n) is 6.34. The zero-order valence-corrected chi connectivity index (χ0v) is 14.1. The number of aliphatic hydroxyl groups excluding tert-OH is 2. The fourth-order valence-corrected chi connectivity index (χ4v) is 2.78. The van der Waals surface area contributed by atoms with Crippen molar-refractivity contribution in [2.45, 2.75) is 70.5 Å². The summed E-state index contributed by atoms with van der Waals surface area (Å²) in [6.45, 7) is 1.73. The van der Waals surface area contributed by atoms with Gasteiger partial charge < -0.3 is 25.5 Å². The summed E-state index contributed by atoms with van der Waals surface area (Å²) < 4.78 is 0. The molecule has 0 amide bonds. The molecule has 1 aromatic rings. The summed E-state index contributed by atoms with van der Waals surface area (Å²) in [5, 5.41) is 47.3. The van der Waals surface area contributed by atoms with E-state index in [1.807, 2.05) is 0 Å². The van der Waals surface area contributed by atoms with Gasteiger partial charge in [0, 0.05) is 6.07 Å². The van der Waals surface area contributed by atoms with Gasteiger partial charge in [-0.15, -0.1) is 0 Å². The molecule has 0 saturated carbocycles. The van der Waals surface area contributed by atoms with Crippen molar-refractivity contribution in [2.75, 3.05) is 0 Å². The maximum Gasteiger partial charge on any atom is 0.339 e. The summed E-state index contributed by atoms with van der Waals surface area (Å²) in [5.74, 6) is -1.79. The number of unbranched alkanes of at least 4 members (excludes halogenated alkanes) is 2. The molecule has 0 saturated heterocycles. The molecule has 1 rings (SSSR count). The highest BCUT2D eigenvalue weighted by Gasteiger charge is 2.16. The van der Waals surface area contributed by atoms with Crippen molar-refractivity contribution in [2.24, 2.45) is 0 Å². The molecule has 0 aliphatic carbocycles. The summed E-state index contributed by atoms with van der Waals surface area (Å²) in [7, 11) is 0. The monoisotopic (exact) mass is 340 g/mol. The fourth-order valence-electron chi connectivity index (χ4n) is 2.78. The maximum absolute atomic E-state index is 11.2. The van der Waals surface area contributed by atoms with E-state index in [2.05, 4.69) is 0 Å². The molecule has 0 heterocycles. The average molecular weight is 340 g/mol. The minimum atomic E-state index is -1.21. The minimum Gasteiger partial charge on any atom is -0.508 e. The van der Waals surface area contributed by atoms with E-state index in [4.69, 9.17) is 10.2 Å². The molecule has 0 aliphatic rings. The summed E-state index contributed by atoms with van der Waals surface area (Å²) in [4.78, 5) is 11.2. The summed E-state index contributed by atoms with van der Waals surface area (Å²) in [6.07, 6.45) is 4.93. The van der Waals surface area contributed by atoms with Gasteiger partial charge in [0.2, 0.25) is 0 Å². The first-order valence-electron chi connectivity index (χ1n) is 8.45.